The zero-order valence-electron chi connectivity index (χ0n) is 11.4. The molecule has 21 heavy (non-hydrogen) atoms. The van der Waals surface area contributed by atoms with Gasteiger partial charge < -0.3 is 14.8 Å². The van der Waals surface area contributed by atoms with Gasteiger partial charge in [0.2, 0.25) is 5.91 Å². The van der Waals surface area contributed by atoms with Crippen molar-refractivity contribution in [2.45, 2.75) is 13.5 Å². The Kier molecular flexibility index (Phi) is 3.66. The van der Waals surface area contributed by atoms with Gasteiger partial charge in [0.1, 0.15) is 19.8 Å². The van der Waals surface area contributed by atoms with Crippen LogP contribution in [-0.2, 0) is 11.3 Å². The number of thiazole rings is 1. The Bertz CT molecular complexity index is 735. The van der Waals surface area contributed by atoms with Crippen LogP contribution in [0.2, 0.25) is 0 Å². The number of carbonyl (C=O) groups excluding carboxylic acids is 1. The predicted octanol–water partition coefficient (Wildman–Crippen LogP) is 1.63. The van der Waals surface area contributed by atoms with Crippen molar-refractivity contribution >= 4 is 22.9 Å². The van der Waals surface area contributed by atoms with Crippen LogP contribution < -0.4 is 19.7 Å². The fourth-order valence-corrected chi connectivity index (χ4v) is 2.80. The zero-order chi connectivity index (χ0) is 14.8. The summed E-state index contributed by atoms with van der Waals surface area (Å²) in [5.41, 5.74) is 1.40. The van der Waals surface area contributed by atoms with Crippen LogP contribution in [0.15, 0.2) is 28.4 Å². The SMILES string of the molecule is Cc1csc(=O)n1CC(=O)Nc1ccc2c(c1)OCCO2. The van der Waals surface area contributed by atoms with Gasteiger partial charge in [0.25, 0.3) is 0 Å². The van der Waals surface area contributed by atoms with Crippen molar-refractivity contribution in [1.82, 2.24) is 4.57 Å². The number of nitrogens with zero attached hydrogens (tertiary/aromatic N) is 1. The maximum atomic E-state index is 12.0. The van der Waals surface area contributed by atoms with Gasteiger partial charge in [0.15, 0.2) is 11.5 Å². The van der Waals surface area contributed by atoms with Crippen LogP contribution in [0.3, 0.4) is 0 Å². The van der Waals surface area contributed by atoms with Crippen LogP contribution in [0.1, 0.15) is 5.69 Å². The third-order valence-corrected chi connectivity index (χ3v) is 3.99. The van der Waals surface area contributed by atoms with Gasteiger partial charge in [-0.3, -0.25) is 14.2 Å². The van der Waals surface area contributed by atoms with Gasteiger partial charge in [-0.15, -0.1) is 0 Å². The van der Waals surface area contributed by atoms with E-state index >= 15 is 0 Å². The third kappa shape index (κ3) is 2.92. The smallest absolute Gasteiger partial charge is 0.307 e. The number of amides is 1. The highest BCUT2D eigenvalue weighted by Gasteiger charge is 2.13. The molecular weight excluding hydrogens is 292 g/mol. The minimum absolute atomic E-state index is 0.00259. The van der Waals surface area contributed by atoms with Crippen LogP contribution in [-0.4, -0.2) is 23.7 Å². The number of anilines is 1. The van der Waals surface area contributed by atoms with E-state index in [9.17, 15) is 9.59 Å². The van der Waals surface area contributed by atoms with E-state index in [1.54, 1.807) is 30.5 Å². The van der Waals surface area contributed by atoms with E-state index in [1.807, 2.05) is 0 Å². The van der Waals surface area contributed by atoms with E-state index in [1.165, 1.54) is 4.57 Å². The summed E-state index contributed by atoms with van der Waals surface area (Å²) in [7, 11) is 0. The molecule has 1 amide bonds. The van der Waals surface area contributed by atoms with Crippen LogP contribution in [0, 0.1) is 6.92 Å². The Morgan fingerprint density at radius 1 is 1.33 bits per heavy atom. The predicted molar refractivity (Wildman–Crippen MR) is 79.4 cm³/mol. The molecule has 6 nitrogen and oxygen atoms in total. The number of nitrogens with one attached hydrogen (secondary N) is 1. The van der Waals surface area contributed by atoms with Crippen LogP contribution in [0.4, 0.5) is 5.69 Å². The summed E-state index contributed by atoms with van der Waals surface area (Å²) >= 11 is 1.09. The quantitative estimate of drug-likeness (QED) is 0.935. The molecule has 0 atom stereocenters. The largest absolute Gasteiger partial charge is 0.486 e. The minimum Gasteiger partial charge on any atom is -0.486 e. The molecule has 0 saturated heterocycles. The molecule has 0 aliphatic carbocycles. The molecule has 0 saturated carbocycles. The first-order chi connectivity index (χ1) is 10.1. The van der Waals surface area contributed by atoms with Gasteiger partial charge in [-0.2, -0.15) is 0 Å². The first kappa shape index (κ1) is 13.7. The minimum atomic E-state index is -0.254. The van der Waals surface area contributed by atoms with Crippen molar-refractivity contribution in [2.24, 2.45) is 0 Å². The summed E-state index contributed by atoms with van der Waals surface area (Å²) in [6.07, 6.45) is 0. The Labute approximate surface area is 124 Å². The van der Waals surface area contributed by atoms with Crippen LogP contribution >= 0.6 is 11.3 Å². The maximum Gasteiger partial charge on any atom is 0.307 e. The van der Waals surface area contributed by atoms with Crippen molar-refractivity contribution in [1.29, 1.82) is 0 Å². The molecule has 1 aromatic carbocycles. The molecule has 1 aliphatic rings. The molecule has 1 aliphatic heterocycles. The molecule has 1 N–H and O–H groups in total. The number of benzene rings is 1. The summed E-state index contributed by atoms with van der Waals surface area (Å²) in [6.45, 7) is 2.82. The van der Waals surface area contributed by atoms with E-state index in [2.05, 4.69) is 5.32 Å². The van der Waals surface area contributed by atoms with E-state index in [0.717, 1.165) is 17.0 Å². The van der Waals surface area contributed by atoms with Gasteiger partial charge in [-0.25, -0.2) is 0 Å². The van der Waals surface area contributed by atoms with Gasteiger partial charge in [0, 0.05) is 22.8 Å². The molecule has 0 unspecified atom stereocenters. The molecule has 1 aromatic heterocycles. The monoisotopic (exact) mass is 306 g/mol. The summed E-state index contributed by atoms with van der Waals surface area (Å²) < 4.78 is 12.3. The van der Waals surface area contributed by atoms with Gasteiger partial charge >= 0.3 is 4.87 Å². The van der Waals surface area contributed by atoms with E-state index in [4.69, 9.17) is 9.47 Å². The van der Waals surface area contributed by atoms with Crippen LogP contribution in [0.25, 0.3) is 0 Å². The van der Waals surface area contributed by atoms with Gasteiger partial charge in [-0.05, 0) is 19.1 Å². The standard InChI is InChI=1S/C14H14N2O4S/c1-9-8-21-14(18)16(9)7-13(17)15-10-2-3-11-12(6-10)20-5-4-19-11/h2-3,6,8H,4-5,7H2,1H3,(H,15,17). The van der Waals surface area contributed by atoms with Crippen molar-refractivity contribution in [3.63, 3.8) is 0 Å². The number of aryl methyl sites for hydroxylation is 1. The van der Waals surface area contributed by atoms with Crippen molar-refractivity contribution in [2.75, 3.05) is 18.5 Å². The molecule has 0 bridgehead atoms. The second-order valence-electron chi connectivity index (χ2n) is 4.64. The first-order valence-electron chi connectivity index (χ1n) is 6.48. The topological polar surface area (TPSA) is 69.6 Å². The number of aromatic nitrogens is 1. The van der Waals surface area contributed by atoms with Crippen molar-refractivity contribution < 1.29 is 14.3 Å². The number of rotatable bonds is 3. The zero-order valence-corrected chi connectivity index (χ0v) is 12.2. The molecule has 3 rings (SSSR count). The van der Waals surface area contributed by atoms with Crippen molar-refractivity contribution in [3.05, 3.63) is 38.9 Å². The van der Waals surface area contributed by atoms with E-state index in [0.29, 0.717) is 30.4 Å². The number of hydrogen-bond donors (Lipinski definition) is 1. The average Bonchev–Trinajstić information content (AvgIpc) is 2.79. The highest BCUT2D eigenvalue weighted by atomic mass is 32.1. The summed E-state index contributed by atoms with van der Waals surface area (Å²) in [5.74, 6) is 1.03. The number of ether oxygens (including phenoxy) is 2. The number of hydrogen-bond acceptors (Lipinski definition) is 5. The van der Waals surface area contributed by atoms with E-state index < -0.39 is 0 Å². The highest BCUT2D eigenvalue weighted by molar-refractivity contribution is 7.07. The second kappa shape index (κ2) is 5.61. The summed E-state index contributed by atoms with van der Waals surface area (Å²) in [5, 5.41) is 4.49. The van der Waals surface area contributed by atoms with Gasteiger partial charge in [0.05, 0.1) is 0 Å². The molecular formula is C14H14N2O4S. The molecule has 2 heterocycles. The molecule has 7 heteroatoms. The Morgan fingerprint density at radius 3 is 2.81 bits per heavy atom. The fourth-order valence-electron chi connectivity index (χ4n) is 2.06. The maximum absolute atomic E-state index is 12.0. The Hall–Kier alpha value is -2.28. The lowest BCUT2D eigenvalue weighted by Gasteiger charge is -2.19. The lowest BCUT2D eigenvalue weighted by Crippen LogP contribution is -2.25. The fraction of sp³-hybridized carbons (Fsp3) is 0.286. The summed E-state index contributed by atoms with van der Waals surface area (Å²) in [6, 6.07) is 5.22. The van der Waals surface area contributed by atoms with Gasteiger partial charge in [-0.1, -0.05) is 11.3 Å². The third-order valence-electron chi connectivity index (χ3n) is 3.10. The second-order valence-corrected chi connectivity index (χ2v) is 5.46. The molecule has 2 aromatic rings. The van der Waals surface area contributed by atoms with E-state index in [-0.39, 0.29) is 17.3 Å². The average molecular weight is 306 g/mol. The lowest BCUT2D eigenvalue weighted by molar-refractivity contribution is -0.116. The molecule has 0 fully saturated rings. The van der Waals surface area contributed by atoms with Crippen molar-refractivity contribution in [3.8, 4) is 11.5 Å². The number of carbonyl (C=O) groups is 1. The van der Waals surface area contributed by atoms with Crippen LogP contribution in [0.5, 0.6) is 11.5 Å². The summed E-state index contributed by atoms with van der Waals surface area (Å²) in [4.78, 5) is 23.5. The normalized spacial score (nSPS) is 13.0. The first-order valence-corrected chi connectivity index (χ1v) is 7.36. The lowest BCUT2D eigenvalue weighted by atomic mass is 10.2. The Balaban J connectivity index is 1.72. The molecule has 110 valence electrons. The number of fused-ring (bicyclic) bond motifs is 1. The highest BCUT2D eigenvalue weighted by Crippen LogP contribution is 2.32. The molecule has 0 radical (unpaired) electrons. The molecule has 0 spiro atoms. The Morgan fingerprint density at radius 2 is 2.10 bits per heavy atom.